The lowest BCUT2D eigenvalue weighted by Gasteiger charge is -2.29. The van der Waals surface area contributed by atoms with Gasteiger partial charge in [0.1, 0.15) is 33.5 Å². The lowest BCUT2D eigenvalue weighted by Crippen LogP contribution is -2.13. The molecule has 4 aromatic heterocycles. The third-order valence-electron chi connectivity index (χ3n) is 28.1. The van der Waals surface area contributed by atoms with Crippen molar-refractivity contribution >= 4 is 199 Å². The molecule has 27 aromatic rings. The fraction of sp³-hybridized carbons (Fsp3) is 0.0226. The zero-order chi connectivity index (χ0) is 93.7. The van der Waals surface area contributed by atoms with Crippen molar-refractivity contribution in [2.45, 2.75) is 20.8 Å². The van der Waals surface area contributed by atoms with Gasteiger partial charge in [-0.1, -0.05) is 345 Å². The molecule has 0 unspecified atom stereocenters. The molecule has 0 amide bonds. The maximum absolute atomic E-state index is 7.07. The molecule has 0 saturated carbocycles. The Bertz CT molecular complexity index is 9520. The highest BCUT2D eigenvalue weighted by Gasteiger charge is 2.29. The number of anilines is 12. The molecular weight excluding hydrogens is 1720 g/mol. The summed E-state index contributed by atoms with van der Waals surface area (Å²) in [5, 5.41) is 18.1. The first-order valence-electron chi connectivity index (χ1n) is 48.1. The van der Waals surface area contributed by atoms with Crippen LogP contribution in [0.1, 0.15) is 16.7 Å². The summed E-state index contributed by atoms with van der Waals surface area (Å²) in [5.41, 5.74) is 34.7. The van der Waals surface area contributed by atoms with E-state index in [2.05, 4.69) is 507 Å². The Balaban J connectivity index is 0.000000145. The van der Waals surface area contributed by atoms with Gasteiger partial charge in [-0.25, -0.2) is 0 Å². The van der Waals surface area contributed by atoms with E-state index in [1.807, 2.05) is 24.3 Å². The molecule has 0 atom stereocenters. The average molecular weight is 1810 g/mol. The number of benzene rings is 23. The summed E-state index contributed by atoms with van der Waals surface area (Å²) in [6.45, 7) is 6.58. The van der Waals surface area contributed by atoms with Crippen LogP contribution in [0.25, 0.3) is 186 Å². The van der Waals surface area contributed by atoms with Gasteiger partial charge in [0.15, 0.2) is 11.2 Å². The summed E-state index contributed by atoms with van der Waals surface area (Å²) in [6.07, 6.45) is 0. The first kappa shape index (κ1) is 83.1. The number of furan rings is 4. The van der Waals surface area contributed by atoms with Gasteiger partial charge in [-0.05, 0) is 243 Å². The zero-order valence-corrected chi connectivity index (χ0v) is 77.7. The Morgan fingerprint density at radius 3 is 0.865 bits per heavy atom. The van der Waals surface area contributed by atoms with Crippen molar-refractivity contribution in [3.63, 3.8) is 0 Å². The number of aryl methyl sites for hydroxylation is 3. The van der Waals surface area contributed by atoms with Gasteiger partial charge >= 0.3 is 0 Å². The van der Waals surface area contributed by atoms with E-state index in [9.17, 15) is 0 Å². The molecule has 4 heterocycles. The smallest absolute Gasteiger partial charge is 0.159 e. The topological polar surface area (TPSA) is 65.5 Å². The molecule has 0 aliphatic rings. The summed E-state index contributed by atoms with van der Waals surface area (Å²) in [5.74, 6) is 0. The van der Waals surface area contributed by atoms with Crippen LogP contribution in [0.4, 0.5) is 68.2 Å². The monoisotopic (exact) mass is 1810 g/mol. The zero-order valence-electron chi connectivity index (χ0n) is 77.7. The third kappa shape index (κ3) is 14.5. The molecule has 0 bridgehead atoms. The van der Waals surface area contributed by atoms with Crippen molar-refractivity contribution < 1.29 is 17.7 Å². The number of rotatable bonds is 17. The van der Waals surface area contributed by atoms with Crippen LogP contribution >= 0.6 is 0 Å². The van der Waals surface area contributed by atoms with Crippen LogP contribution in [0.2, 0.25) is 0 Å². The van der Waals surface area contributed by atoms with Gasteiger partial charge in [0, 0.05) is 117 Å². The highest BCUT2D eigenvalue weighted by molar-refractivity contribution is 6.32. The SMILES string of the molecule is Cc1cc(C)c(N(c2ccccc2)c2ccc3c(c2)oc2c4ccc(-c5ccc(N(c6ccccc6-c6ccccc6)c6cccc7c6oc6ccccc67)cc5)cc4c4ccccc4c32)c(C)c1.c1ccc(-c2ccccc2N(c2ccccc2)c2ccc3c(c2)oc2c4ccc(-c5ccc(N(c6ccccc6-c6ccccc6)c6cccc7c6oc6ccccc67)cc5)cc4c4ccccc4c32)cc1. The Morgan fingerprint density at radius 2 is 0.447 bits per heavy atom. The van der Waals surface area contributed by atoms with Crippen LogP contribution in [0.15, 0.2) is 509 Å². The van der Waals surface area contributed by atoms with Gasteiger partial charge in [0.2, 0.25) is 0 Å². The minimum absolute atomic E-state index is 0.842. The van der Waals surface area contributed by atoms with Crippen molar-refractivity contribution in [3.8, 4) is 55.6 Å². The van der Waals surface area contributed by atoms with Crippen LogP contribution in [-0.2, 0) is 0 Å². The second kappa shape index (κ2) is 34.7. The number of para-hydroxylation sites is 9. The Kier molecular flexibility index (Phi) is 20.5. The van der Waals surface area contributed by atoms with Crippen molar-refractivity contribution in [2.75, 3.05) is 19.6 Å². The minimum Gasteiger partial charge on any atom is -0.455 e. The predicted octanol–water partition coefficient (Wildman–Crippen LogP) is 38.7. The van der Waals surface area contributed by atoms with Gasteiger partial charge in [0.25, 0.3) is 0 Å². The summed E-state index contributed by atoms with van der Waals surface area (Å²) in [7, 11) is 0. The average Bonchev–Trinajstić information content (AvgIpc) is 1.57. The summed E-state index contributed by atoms with van der Waals surface area (Å²) < 4.78 is 27.5. The Labute approximate surface area is 815 Å². The standard InChI is InChI=1S/C68H44N2O2.C65H46N2O2/c1-4-19-46(20-5-1)52-25-12-15-31-61(52)69(49-23-8-3-9-24-49)51-40-42-59-65(44-51)72-68-58-41-37-48(43-60(58)54-27-10-11-29-56(54)66(59)68)45-35-38-50(39-36-45)70(62-32-16-13-26-53(62)47-21-6-2-7-22-47)63-33-18-30-57-55-28-14-17-34-64(55)71-67(57)63;1-41-37-42(2)63(43(3)38-41)66(47-19-8-5-9-20-47)49-34-36-56-61(40-49)69-65-55-35-31-46(39-57(55)51-22-10-11-24-53(51)62(56)65)44-29-32-48(33-30-44)67(58-26-14-12-21-50(58)45-17-6-4-7-18-45)59-27-16-25-54-52-23-13-15-28-60(52)68-64(54)59/h1-44H;4-40H,1-3H3. The van der Waals surface area contributed by atoms with Crippen molar-refractivity contribution in [2.24, 2.45) is 0 Å². The lowest BCUT2D eigenvalue weighted by molar-refractivity contribution is 0.668. The van der Waals surface area contributed by atoms with Gasteiger partial charge in [0.05, 0.1) is 34.1 Å². The van der Waals surface area contributed by atoms with Crippen LogP contribution in [0.3, 0.4) is 0 Å². The molecule has 27 rings (SSSR count). The van der Waals surface area contributed by atoms with E-state index < -0.39 is 0 Å². The van der Waals surface area contributed by atoms with Gasteiger partial charge in [-0.15, -0.1) is 0 Å². The van der Waals surface area contributed by atoms with Crippen LogP contribution in [0.5, 0.6) is 0 Å². The molecule has 0 spiro atoms. The molecule has 666 valence electrons. The van der Waals surface area contributed by atoms with E-state index in [4.69, 9.17) is 17.7 Å². The van der Waals surface area contributed by atoms with Crippen molar-refractivity contribution in [1.29, 1.82) is 0 Å². The fourth-order valence-electron chi connectivity index (χ4n) is 21.9. The third-order valence-corrected chi connectivity index (χ3v) is 28.1. The Hall–Kier alpha value is -18.5. The largest absolute Gasteiger partial charge is 0.455 e. The second-order valence-electron chi connectivity index (χ2n) is 36.6. The minimum atomic E-state index is 0.842. The molecular formula is C133H90N4O4. The molecule has 0 saturated heterocycles. The maximum Gasteiger partial charge on any atom is 0.159 e. The Morgan fingerprint density at radius 1 is 0.156 bits per heavy atom. The van der Waals surface area contributed by atoms with Crippen LogP contribution < -0.4 is 19.6 Å². The predicted molar refractivity (Wildman–Crippen MR) is 592 cm³/mol. The van der Waals surface area contributed by atoms with E-state index in [1.165, 1.54) is 43.9 Å². The number of hydrogen-bond donors (Lipinski definition) is 0. The lowest BCUT2D eigenvalue weighted by atomic mass is 9.94. The van der Waals surface area contributed by atoms with Crippen molar-refractivity contribution in [1.82, 2.24) is 0 Å². The highest BCUT2D eigenvalue weighted by atomic mass is 16.3. The van der Waals surface area contributed by atoms with Gasteiger partial charge in [-0.3, -0.25) is 0 Å². The van der Waals surface area contributed by atoms with Crippen LogP contribution in [-0.4, -0.2) is 0 Å². The van der Waals surface area contributed by atoms with Crippen LogP contribution in [0, 0.1) is 20.8 Å². The van der Waals surface area contributed by atoms with E-state index in [1.54, 1.807) is 0 Å². The molecule has 0 aliphatic carbocycles. The molecule has 0 N–H and O–H groups in total. The molecule has 141 heavy (non-hydrogen) atoms. The van der Waals surface area contributed by atoms with E-state index in [-0.39, 0.29) is 0 Å². The molecule has 0 aliphatic heterocycles. The van der Waals surface area contributed by atoms with Crippen molar-refractivity contribution in [3.05, 3.63) is 508 Å². The molecule has 8 heteroatoms. The molecule has 0 fully saturated rings. The number of hydrogen-bond acceptors (Lipinski definition) is 8. The number of fused-ring (bicyclic) bond motifs is 22. The normalized spacial score (nSPS) is 11.7. The van der Waals surface area contributed by atoms with Gasteiger partial charge < -0.3 is 37.3 Å². The molecule has 0 radical (unpaired) electrons. The van der Waals surface area contributed by atoms with Gasteiger partial charge in [-0.2, -0.15) is 0 Å². The second-order valence-corrected chi connectivity index (χ2v) is 36.6. The van der Waals surface area contributed by atoms with E-state index >= 15 is 0 Å². The fourth-order valence-corrected chi connectivity index (χ4v) is 21.9. The first-order chi connectivity index (χ1) is 69.7. The highest BCUT2D eigenvalue weighted by Crippen LogP contribution is 2.53. The first-order valence-corrected chi connectivity index (χ1v) is 48.1. The molecule has 8 nitrogen and oxygen atoms in total. The van der Waals surface area contributed by atoms with E-state index in [0.717, 1.165) is 227 Å². The number of nitrogens with zero attached hydrogens (tertiary/aromatic N) is 4. The summed E-state index contributed by atoms with van der Waals surface area (Å²) >= 11 is 0. The quantitative estimate of drug-likeness (QED) is 0.0836. The summed E-state index contributed by atoms with van der Waals surface area (Å²) in [4.78, 5) is 9.39. The molecule has 23 aromatic carbocycles. The maximum atomic E-state index is 7.07. The summed E-state index contributed by atoms with van der Waals surface area (Å²) in [6, 6.07) is 175. The van der Waals surface area contributed by atoms with E-state index in [0.29, 0.717) is 0 Å².